The molecule has 0 aromatic heterocycles. The normalized spacial score (nSPS) is 11.5. The highest BCUT2D eigenvalue weighted by molar-refractivity contribution is 5.73. The molecule has 0 saturated heterocycles. The Bertz CT molecular complexity index is 992. The van der Waals surface area contributed by atoms with Crippen LogP contribution in [-0.4, -0.2) is 18.5 Å². The second-order valence-corrected chi connectivity index (χ2v) is 7.77. The summed E-state index contributed by atoms with van der Waals surface area (Å²) in [4.78, 5) is 23.2. The van der Waals surface area contributed by atoms with Crippen LogP contribution in [0.25, 0.3) is 0 Å². The van der Waals surface area contributed by atoms with Crippen LogP contribution in [0, 0.1) is 0 Å². The molecule has 172 valence electrons. The van der Waals surface area contributed by atoms with Crippen molar-refractivity contribution in [3.8, 4) is 0 Å². The summed E-state index contributed by atoms with van der Waals surface area (Å²) < 4.78 is 11.3. The van der Waals surface area contributed by atoms with Gasteiger partial charge in [0.1, 0.15) is 6.61 Å². The van der Waals surface area contributed by atoms with Crippen LogP contribution in [0.15, 0.2) is 84.9 Å². The van der Waals surface area contributed by atoms with Crippen molar-refractivity contribution in [3.05, 3.63) is 107 Å². The van der Waals surface area contributed by atoms with Gasteiger partial charge in [-0.05, 0) is 35.1 Å². The summed E-state index contributed by atoms with van der Waals surface area (Å²) in [5.41, 5.74) is 9.44. The van der Waals surface area contributed by atoms with Gasteiger partial charge in [-0.2, -0.15) is 0 Å². The summed E-state index contributed by atoms with van der Waals surface area (Å²) >= 11 is 0. The number of ether oxygens (including phenoxy) is 2. The number of primary amides is 1. The van der Waals surface area contributed by atoms with E-state index in [0.29, 0.717) is 26.0 Å². The van der Waals surface area contributed by atoms with Crippen LogP contribution < -0.4 is 11.1 Å². The van der Waals surface area contributed by atoms with Gasteiger partial charge < -0.3 is 20.5 Å². The standard InChI is InChI=1S/C27H30N2O4/c28-26(30)16-15-25(32-19-22-7-3-1-4-8-22)24-13-11-21(12-14-24)17-18-29-27(31)33-20-23-9-5-2-6-10-23/h1-14,25H,15-20H2,(H2,28,30)(H,29,31). The quantitative estimate of drug-likeness (QED) is 0.423. The Hall–Kier alpha value is -3.64. The van der Waals surface area contributed by atoms with Crippen molar-refractivity contribution in [1.29, 1.82) is 0 Å². The van der Waals surface area contributed by atoms with Crippen LogP contribution in [0.1, 0.15) is 41.2 Å². The SMILES string of the molecule is NC(=O)CCC(OCc1ccccc1)c1ccc(CCNC(=O)OCc2ccccc2)cc1. The van der Waals surface area contributed by atoms with Gasteiger partial charge in [0.2, 0.25) is 5.91 Å². The van der Waals surface area contributed by atoms with Crippen LogP contribution in [0.5, 0.6) is 0 Å². The van der Waals surface area contributed by atoms with Gasteiger partial charge in [0.25, 0.3) is 0 Å². The number of carbonyl (C=O) groups is 2. The molecule has 1 unspecified atom stereocenters. The number of nitrogens with one attached hydrogen (secondary N) is 1. The molecule has 0 fully saturated rings. The van der Waals surface area contributed by atoms with E-state index < -0.39 is 6.09 Å². The molecule has 0 saturated carbocycles. The van der Waals surface area contributed by atoms with E-state index in [2.05, 4.69) is 5.32 Å². The zero-order chi connectivity index (χ0) is 23.3. The van der Waals surface area contributed by atoms with Crippen molar-refractivity contribution in [1.82, 2.24) is 5.32 Å². The molecule has 6 nitrogen and oxygen atoms in total. The second-order valence-electron chi connectivity index (χ2n) is 7.77. The third-order valence-electron chi connectivity index (χ3n) is 5.19. The van der Waals surface area contributed by atoms with E-state index in [0.717, 1.165) is 22.3 Å². The number of amides is 2. The lowest BCUT2D eigenvalue weighted by atomic mass is 10.0. The molecule has 0 spiro atoms. The number of benzene rings is 3. The van der Waals surface area contributed by atoms with E-state index >= 15 is 0 Å². The summed E-state index contributed by atoms with van der Waals surface area (Å²) in [6.07, 6.45) is 0.804. The molecular weight excluding hydrogens is 416 g/mol. The molecule has 0 bridgehead atoms. The maximum atomic E-state index is 11.9. The van der Waals surface area contributed by atoms with E-state index in [9.17, 15) is 9.59 Å². The van der Waals surface area contributed by atoms with Crippen LogP contribution in [0.2, 0.25) is 0 Å². The molecule has 0 aliphatic carbocycles. The Labute approximate surface area is 194 Å². The van der Waals surface area contributed by atoms with Crippen LogP contribution in [0.3, 0.4) is 0 Å². The molecular formula is C27H30N2O4. The first-order valence-electron chi connectivity index (χ1n) is 11.1. The summed E-state index contributed by atoms with van der Waals surface area (Å²) in [5.74, 6) is -0.342. The molecule has 33 heavy (non-hydrogen) atoms. The van der Waals surface area contributed by atoms with E-state index in [1.165, 1.54) is 0 Å². The first-order valence-corrected chi connectivity index (χ1v) is 11.1. The molecule has 1 atom stereocenters. The van der Waals surface area contributed by atoms with Crippen molar-refractivity contribution in [2.75, 3.05) is 6.54 Å². The molecule has 3 aromatic rings. The monoisotopic (exact) mass is 446 g/mol. The summed E-state index contributed by atoms with van der Waals surface area (Å²) in [7, 11) is 0. The van der Waals surface area contributed by atoms with E-state index in [1.807, 2.05) is 84.9 Å². The fourth-order valence-electron chi connectivity index (χ4n) is 3.37. The fraction of sp³-hybridized carbons (Fsp3) is 0.259. The Morgan fingerprint density at radius 2 is 1.39 bits per heavy atom. The van der Waals surface area contributed by atoms with Gasteiger partial charge in [0.15, 0.2) is 0 Å². The van der Waals surface area contributed by atoms with Crippen molar-refractivity contribution in [2.45, 2.75) is 38.6 Å². The molecule has 3 rings (SSSR count). The van der Waals surface area contributed by atoms with Crippen LogP contribution in [0.4, 0.5) is 4.79 Å². The summed E-state index contributed by atoms with van der Waals surface area (Å²) in [6.45, 7) is 1.18. The lowest BCUT2D eigenvalue weighted by Gasteiger charge is -2.18. The fourth-order valence-corrected chi connectivity index (χ4v) is 3.37. The minimum atomic E-state index is -0.434. The van der Waals surface area contributed by atoms with Crippen molar-refractivity contribution in [2.24, 2.45) is 5.73 Å². The Morgan fingerprint density at radius 3 is 2.00 bits per heavy atom. The predicted molar refractivity (Wildman–Crippen MR) is 127 cm³/mol. The maximum Gasteiger partial charge on any atom is 0.407 e. The van der Waals surface area contributed by atoms with E-state index in [1.54, 1.807) is 0 Å². The lowest BCUT2D eigenvalue weighted by Crippen LogP contribution is -2.26. The summed E-state index contributed by atoms with van der Waals surface area (Å²) in [5, 5.41) is 2.77. The number of hydrogen-bond donors (Lipinski definition) is 2. The van der Waals surface area contributed by atoms with Crippen molar-refractivity contribution < 1.29 is 19.1 Å². The Morgan fingerprint density at radius 1 is 0.788 bits per heavy atom. The number of carbonyl (C=O) groups excluding carboxylic acids is 2. The minimum absolute atomic E-state index is 0.224. The minimum Gasteiger partial charge on any atom is -0.445 e. The number of hydrogen-bond acceptors (Lipinski definition) is 4. The van der Waals surface area contributed by atoms with Gasteiger partial charge in [0, 0.05) is 13.0 Å². The van der Waals surface area contributed by atoms with Crippen molar-refractivity contribution >= 4 is 12.0 Å². The predicted octanol–water partition coefficient (Wildman–Crippen LogP) is 4.68. The lowest BCUT2D eigenvalue weighted by molar-refractivity contribution is -0.118. The Kier molecular flexibility index (Phi) is 9.48. The molecule has 0 heterocycles. The zero-order valence-electron chi connectivity index (χ0n) is 18.6. The van der Waals surface area contributed by atoms with Gasteiger partial charge in [-0.15, -0.1) is 0 Å². The number of alkyl carbamates (subject to hydrolysis) is 1. The van der Waals surface area contributed by atoms with Gasteiger partial charge in [0.05, 0.1) is 12.7 Å². The average molecular weight is 447 g/mol. The van der Waals surface area contributed by atoms with E-state index in [4.69, 9.17) is 15.2 Å². The van der Waals surface area contributed by atoms with Gasteiger partial charge >= 0.3 is 6.09 Å². The molecule has 3 N–H and O–H groups in total. The number of nitrogens with two attached hydrogens (primary N) is 1. The molecule has 6 heteroatoms. The average Bonchev–Trinajstić information content (AvgIpc) is 2.84. The van der Waals surface area contributed by atoms with Crippen LogP contribution in [-0.2, 0) is 33.9 Å². The van der Waals surface area contributed by atoms with Gasteiger partial charge in [-0.3, -0.25) is 4.79 Å². The molecule has 0 aliphatic heterocycles. The Balaban J connectivity index is 1.47. The van der Waals surface area contributed by atoms with Gasteiger partial charge in [-0.25, -0.2) is 4.79 Å². The summed E-state index contributed by atoms with van der Waals surface area (Å²) in [6, 6.07) is 27.5. The first kappa shape index (κ1) is 24.0. The number of rotatable bonds is 12. The zero-order valence-corrected chi connectivity index (χ0v) is 18.6. The largest absolute Gasteiger partial charge is 0.445 e. The first-order chi connectivity index (χ1) is 16.1. The molecule has 2 amide bonds. The highest BCUT2D eigenvalue weighted by Gasteiger charge is 2.14. The van der Waals surface area contributed by atoms with Crippen molar-refractivity contribution in [3.63, 3.8) is 0 Å². The maximum absolute atomic E-state index is 11.9. The van der Waals surface area contributed by atoms with E-state index in [-0.39, 0.29) is 25.0 Å². The second kappa shape index (κ2) is 13.0. The molecule has 3 aromatic carbocycles. The molecule has 0 radical (unpaired) electrons. The highest BCUT2D eigenvalue weighted by atomic mass is 16.5. The third kappa shape index (κ3) is 8.79. The molecule has 0 aliphatic rings. The highest BCUT2D eigenvalue weighted by Crippen LogP contribution is 2.25. The topological polar surface area (TPSA) is 90.7 Å². The van der Waals surface area contributed by atoms with Crippen LogP contribution >= 0.6 is 0 Å². The van der Waals surface area contributed by atoms with Gasteiger partial charge in [-0.1, -0.05) is 84.9 Å². The third-order valence-corrected chi connectivity index (χ3v) is 5.19. The smallest absolute Gasteiger partial charge is 0.407 e.